The minimum Gasteiger partial charge on any atom is -0.310 e. The quantitative estimate of drug-likeness (QED) is 0.881. The number of rotatable bonds is 3. The van der Waals surface area contributed by atoms with Gasteiger partial charge in [-0.3, -0.25) is 9.59 Å². The molecule has 1 aliphatic heterocycles. The summed E-state index contributed by atoms with van der Waals surface area (Å²) >= 11 is 7.59. The van der Waals surface area contributed by atoms with Crippen molar-refractivity contribution in [2.75, 3.05) is 16.8 Å². The second-order valence-electron chi connectivity index (χ2n) is 7.07. The van der Waals surface area contributed by atoms with E-state index in [9.17, 15) is 9.59 Å². The average molecular weight is 378 g/mol. The minimum absolute atomic E-state index is 0.0363. The third-order valence-electron chi connectivity index (χ3n) is 4.03. The smallest absolute Gasteiger partial charge is 0.233 e. The van der Waals surface area contributed by atoms with E-state index in [0.717, 1.165) is 17.7 Å². The lowest BCUT2D eigenvalue weighted by atomic mass is 9.96. The molecular weight excluding hydrogens is 358 g/mol. The molecule has 5 nitrogen and oxygen atoms in total. The van der Waals surface area contributed by atoms with Gasteiger partial charge in [-0.2, -0.15) is 0 Å². The van der Waals surface area contributed by atoms with Gasteiger partial charge in [0, 0.05) is 17.3 Å². The number of anilines is 2. The van der Waals surface area contributed by atoms with Crippen LogP contribution in [0.4, 0.5) is 10.8 Å². The average Bonchev–Trinajstić information content (AvgIpc) is 3.14. The van der Waals surface area contributed by atoms with E-state index in [1.165, 1.54) is 11.3 Å². The highest BCUT2D eigenvalue weighted by Gasteiger charge is 2.27. The predicted molar refractivity (Wildman–Crippen MR) is 101 cm³/mol. The van der Waals surface area contributed by atoms with E-state index >= 15 is 0 Å². The van der Waals surface area contributed by atoms with E-state index in [1.54, 1.807) is 16.3 Å². The van der Waals surface area contributed by atoms with Gasteiger partial charge < -0.3 is 10.2 Å². The van der Waals surface area contributed by atoms with Crippen molar-refractivity contribution >= 4 is 45.6 Å². The second kappa shape index (κ2) is 6.77. The molecule has 2 heterocycles. The van der Waals surface area contributed by atoms with Crippen molar-refractivity contribution in [3.8, 4) is 0 Å². The molecule has 0 radical (unpaired) electrons. The number of fused-ring (bicyclic) bond motifs is 1. The molecule has 0 fully saturated rings. The molecule has 7 heteroatoms. The number of halogens is 1. The van der Waals surface area contributed by atoms with Gasteiger partial charge in [0.05, 0.1) is 22.8 Å². The number of amides is 2. The fraction of sp³-hybridized carbons (Fsp3) is 0.389. The predicted octanol–water partition coefficient (Wildman–Crippen LogP) is 3.91. The van der Waals surface area contributed by atoms with Crippen LogP contribution in [-0.4, -0.2) is 23.3 Å². The van der Waals surface area contributed by atoms with E-state index < -0.39 is 5.41 Å². The number of benzene rings is 1. The highest BCUT2D eigenvalue weighted by atomic mass is 35.5. The van der Waals surface area contributed by atoms with Gasteiger partial charge >= 0.3 is 0 Å². The SMILES string of the molecule is CC(C)(C)C(=O)Nc1nc(CC(=O)N2CCc3cccc(Cl)c32)cs1. The van der Waals surface area contributed by atoms with Gasteiger partial charge in [-0.25, -0.2) is 4.98 Å². The summed E-state index contributed by atoms with van der Waals surface area (Å²) in [5.74, 6) is -0.133. The Kier molecular flexibility index (Phi) is 4.84. The van der Waals surface area contributed by atoms with Crippen molar-refractivity contribution in [2.45, 2.75) is 33.6 Å². The number of nitrogens with one attached hydrogen (secondary N) is 1. The molecule has 0 unspecified atom stereocenters. The molecule has 2 aromatic rings. The van der Waals surface area contributed by atoms with Crippen LogP contribution in [0.1, 0.15) is 32.0 Å². The van der Waals surface area contributed by atoms with Crippen LogP contribution in [0.15, 0.2) is 23.6 Å². The first-order valence-electron chi connectivity index (χ1n) is 8.09. The Bertz CT molecular complexity index is 826. The lowest BCUT2D eigenvalue weighted by molar-refractivity contribution is -0.123. The largest absolute Gasteiger partial charge is 0.310 e. The molecule has 1 aliphatic rings. The fourth-order valence-electron chi connectivity index (χ4n) is 2.64. The van der Waals surface area contributed by atoms with Crippen LogP contribution >= 0.6 is 22.9 Å². The first-order chi connectivity index (χ1) is 11.8. The molecule has 0 saturated carbocycles. The number of thiazole rings is 1. The molecule has 0 atom stereocenters. The molecule has 25 heavy (non-hydrogen) atoms. The standard InChI is InChI=1S/C18H20ClN3O2S/c1-18(2,3)16(24)21-17-20-12(10-25-17)9-14(23)22-8-7-11-5-4-6-13(19)15(11)22/h4-6,10H,7-9H2,1-3H3,(H,20,21,24). The highest BCUT2D eigenvalue weighted by Crippen LogP contribution is 2.35. The van der Waals surface area contributed by atoms with Crippen LogP contribution in [-0.2, 0) is 22.4 Å². The summed E-state index contributed by atoms with van der Waals surface area (Å²) in [7, 11) is 0. The van der Waals surface area contributed by atoms with Gasteiger partial charge in [0.2, 0.25) is 11.8 Å². The fourth-order valence-corrected chi connectivity index (χ4v) is 3.64. The molecule has 0 aliphatic carbocycles. The summed E-state index contributed by atoms with van der Waals surface area (Å²) in [4.78, 5) is 30.8. The summed E-state index contributed by atoms with van der Waals surface area (Å²) in [6.07, 6.45) is 0.998. The summed E-state index contributed by atoms with van der Waals surface area (Å²) in [5, 5.41) is 5.71. The summed E-state index contributed by atoms with van der Waals surface area (Å²) in [6, 6.07) is 5.70. The van der Waals surface area contributed by atoms with E-state index in [2.05, 4.69) is 10.3 Å². The number of aromatic nitrogens is 1. The molecule has 1 aromatic heterocycles. The Labute approximate surface area is 156 Å². The maximum atomic E-state index is 12.7. The minimum atomic E-state index is -0.488. The molecular formula is C18H20ClN3O2S. The number of nitrogens with zero attached hydrogens (tertiary/aromatic N) is 2. The zero-order valence-electron chi connectivity index (χ0n) is 14.4. The molecule has 0 bridgehead atoms. The van der Waals surface area contributed by atoms with E-state index in [0.29, 0.717) is 22.4 Å². The maximum absolute atomic E-state index is 12.7. The van der Waals surface area contributed by atoms with Crippen molar-refractivity contribution in [3.63, 3.8) is 0 Å². The number of hydrogen-bond donors (Lipinski definition) is 1. The molecule has 1 N–H and O–H groups in total. The summed E-state index contributed by atoms with van der Waals surface area (Å²) in [6.45, 7) is 6.16. The lowest BCUT2D eigenvalue weighted by Crippen LogP contribution is -2.30. The highest BCUT2D eigenvalue weighted by molar-refractivity contribution is 7.13. The lowest BCUT2D eigenvalue weighted by Gasteiger charge is -2.18. The normalized spacial score (nSPS) is 13.7. The van der Waals surface area contributed by atoms with Crippen molar-refractivity contribution in [2.24, 2.45) is 5.41 Å². The van der Waals surface area contributed by atoms with E-state index in [-0.39, 0.29) is 18.2 Å². The summed E-state index contributed by atoms with van der Waals surface area (Å²) < 4.78 is 0. The van der Waals surface area contributed by atoms with Crippen LogP contribution in [0.25, 0.3) is 0 Å². The Hall–Kier alpha value is -1.92. The third kappa shape index (κ3) is 3.85. The number of carbonyl (C=O) groups is 2. The van der Waals surface area contributed by atoms with E-state index in [4.69, 9.17) is 11.6 Å². The van der Waals surface area contributed by atoms with Crippen LogP contribution in [0.2, 0.25) is 5.02 Å². The Balaban J connectivity index is 1.69. The molecule has 3 rings (SSSR count). The monoisotopic (exact) mass is 377 g/mol. The third-order valence-corrected chi connectivity index (χ3v) is 5.14. The van der Waals surface area contributed by atoms with Crippen LogP contribution < -0.4 is 10.2 Å². The van der Waals surface area contributed by atoms with Gasteiger partial charge in [-0.05, 0) is 18.1 Å². The second-order valence-corrected chi connectivity index (χ2v) is 8.33. The zero-order chi connectivity index (χ0) is 18.2. The van der Waals surface area contributed by atoms with Gasteiger partial charge in [0.15, 0.2) is 5.13 Å². The summed E-state index contributed by atoms with van der Waals surface area (Å²) in [5.41, 5.74) is 2.07. The van der Waals surface area contributed by atoms with E-state index in [1.807, 2.05) is 32.9 Å². The topological polar surface area (TPSA) is 62.3 Å². The number of carbonyl (C=O) groups excluding carboxylic acids is 2. The molecule has 2 amide bonds. The van der Waals surface area contributed by atoms with Crippen molar-refractivity contribution < 1.29 is 9.59 Å². The van der Waals surface area contributed by atoms with Crippen LogP contribution in [0.5, 0.6) is 0 Å². The van der Waals surface area contributed by atoms with Gasteiger partial charge in [-0.15, -0.1) is 11.3 Å². The van der Waals surface area contributed by atoms with Crippen LogP contribution in [0, 0.1) is 5.41 Å². The van der Waals surface area contributed by atoms with Gasteiger partial charge in [0.1, 0.15) is 0 Å². The first-order valence-corrected chi connectivity index (χ1v) is 9.35. The molecule has 1 aromatic carbocycles. The molecule has 132 valence electrons. The Morgan fingerprint density at radius 3 is 2.84 bits per heavy atom. The molecule has 0 spiro atoms. The molecule has 0 saturated heterocycles. The number of hydrogen-bond acceptors (Lipinski definition) is 4. The maximum Gasteiger partial charge on any atom is 0.233 e. The van der Waals surface area contributed by atoms with Crippen molar-refractivity contribution in [3.05, 3.63) is 39.9 Å². The van der Waals surface area contributed by atoms with Gasteiger partial charge in [-0.1, -0.05) is 44.5 Å². The van der Waals surface area contributed by atoms with Gasteiger partial charge in [0.25, 0.3) is 0 Å². The van der Waals surface area contributed by atoms with Crippen molar-refractivity contribution in [1.82, 2.24) is 4.98 Å². The Morgan fingerprint density at radius 1 is 1.36 bits per heavy atom. The van der Waals surface area contributed by atoms with Crippen LogP contribution in [0.3, 0.4) is 0 Å². The first kappa shape index (κ1) is 17.9. The number of para-hydroxylation sites is 1. The zero-order valence-corrected chi connectivity index (χ0v) is 16.0. The Morgan fingerprint density at radius 2 is 2.12 bits per heavy atom. The van der Waals surface area contributed by atoms with Crippen molar-refractivity contribution in [1.29, 1.82) is 0 Å².